The molecule has 3 unspecified atom stereocenters. The van der Waals surface area contributed by atoms with Crippen molar-refractivity contribution in [1.29, 1.82) is 0 Å². The molecule has 17 heavy (non-hydrogen) atoms. The zero-order valence-corrected chi connectivity index (χ0v) is 11.6. The van der Waals surface area contributed by atoms with Crippen molar-refractivity contribution >= 4 is 0 Å². The second-order valence-electron chi connectivity index (χ2n) is 6.67. The average molecular weight is 239 g/mol. The van der Waals surface area contributed by atoms with Crippen LogP contribution >= 0.6 is 0 Å². The van der Waals surface area contributed by atoms with Crippen LogP contribution in [-0.4, -0.2) is 35.7 Å². The average Bonchev–Trinajstić information content (AvgIpc) is 2.32. The van der Waals surface area contributed by atoms with Gasteiger partial charge >= 0.3 is 0 Å². The molecule has 2 rings (SSSR count). The summed E-state index contributed by atoms with van der Waals surface area (Å²) in [5.41, 5.74) is 0.212. The van der Waals surface area contributed by atoms with Crippen LogP contribution in [-0.2, 0) is 0 Å². The Kier molecular flexibility index (Phi) is 4.48. The summed E-state index contributed by atoms with van der Waals surface area (Å²) in [6.07, 6.45) is 9.21. The first-order chi connectivity index (χ1) is 8.15. The second-order valence-corrected chi connectivity index (χ2v) is 6.67. The van der Waals surface area contributed by atoms with Gasteiger partial charge in [-0.1, -0.05) is 26.2 Å². The molecule has 2 fully saturated rings. The summed E-state index contributed by atoms with van der Waals surface area (Å²) in [5.74, 6) is 0.802. The minimum Gasteiger partial charge on any atom is -0.396 e. The zero-order valence-electron chi connectivity index (χ0n) is 11.6. The van der Waals surface area contributed by atoms with Crippen LogP contribution in [0.15, 0.2) is 0 Å². The van der Waals surface area contributed by atoms with Crippen LogP contribution in [0, 0.1) is 11.3 Å². The van der Waals surface area contributed by atoms with Gasteiger partial charge in [0.2, 0.25) is 0 Å². The number of likely N-dealkylation sites (tertiary alicyclic amines) is 1. The van der Waals surface area contributed by atoms with Crippen molar-refractivity contribution in [3.05, 3.63) is 0 Å². The lowest BCUT2D eigenvalue weighted by molar-refractivity contribution is 0.00448. The lowest BCUT2D eigenvalue weighted by Crippen LogP contribution is -2.48. The van der Waals surface area contributed by atoms with Gasteiger partial charge in [0.1, 0.15) is 0 Å². The molecule has 1 heterocycles. The highest BCUT2D eigenvalue weighted by molar-refractivity contribution is 4.89. The maximum atomic E-state index is 9.85. The molecule has 1 saturated heterocycles. The Labute approximate surface area is 106 Å². The molecule has 0 radical (unpaired) electrons. The molecule has 3 atom stereocenters. The Morgan fingerprint density at radius 3 is 2.65 bits per heavy atom. The summed E-state index contributed by atoms with van der Waals surface area (Å²) in [6.45, 7) is 7.48. The maximum Gasteiger partial charge on any atom is 0.0499 e. The van der Waals surface area contributed by atoms with E-state index in [1.807, 2.05) is 0 Å². The van der Waals surface area contributed by atoms with Gasteiger partial charge in [0.05, 0.1) is 0 Å². The van der Waals surface area contributed by atoms with Crippen molar-refractivity contribution in [2.45, 2.75) is 64.8 Å². The number of aliphatic hydroxyl groups excluding tert-OH is 1. The molecule has 2 nitrogen and oxygen atoms in total. The van der Waals surface area contributed by atoms with Crippen LogP contribution < -0.4 is 0 Å². The molecule has 1 saturated carbocycles. The van der Waals surface area contributed by atoms with Crippen LogP contribution in [0.25, 0.3) is 0 Å². The van der Waals surface area contributed by atoms with Crippen LogP contribution in [0.1, 0.15) is 58.8 Å². The number of nitrogens with zero attached hydrogens (tertiary/aromatic N) is 1. The third-order valence-electron chi connectivity index (χ3n) is 5.00. The molecule has 0 amide bonds. The van der Waals surface area contributed by atoms with Gasteiger partial charge in [-0.15, -0.1) is 0 Å². The second kappa shape index (κ2) is 5.71. The third kappa shape index (κ3) is 3.23. The Hall–Kier alpha value is -0.0800. The molecule has 1 N–H and O–H groups in total. The lowest BCUT2D eigenvalue weighted by Gasteiger charge is -2.45. The molecule has 2 aliphatic rings. The molecular formula is C15H29NO. The van der Waals surface area contributed by atoms with E-state index < -0.39 is 0 Å². The van der Waals surface area contributed by atoms with Crippen molar-refractivity contribution in [2.75, 3.05) is 19.7 Å². The van der Waals surface area contributed by atoms with Crippen molar-refractivity contribution in [1.82, 2.24) is 4.90 Å². The molecule has 0 aromatic heterocycles. The first kappa shape index (κ1) is 13.4. The third-order valence-corrected chi connectivity index (χ3v) is 5.00. The number of aliphatic hydroxyl groups is 1. The van der Waals surface area contributed by atoms with Gasteiger partial charge in [-0.05, 0) is 45.1 Å². The van der Waals surface area contributed by atoms with Crippen molar-refractivity contribution in [3.63, 3.8) is 0 Å². The van der Waals surface area contributed by atoms with Gasteiger partial charge in [0, 0.05) is 24.6 Å². The summed E-state index contributed by atoms with van der Waals surface area (Å²) in [5, 5.41) is 9.85. The SMILES string of the molecule is CC1CCCC(CO)(CN2CCCCC2C)C1. The van der Waals surface area contributed by atoms with Gasteiger partial charge in [-0.25, -0.2) is 0 Å². The fraction of sp³-hybridized carbons (Fsp3) is 1.00. The predicted molar refractivity (Wildman–Crippen MR) is 72.0 cm³/mol. The Balaban J connectivity index is 1.97. The van der Waals surface area contributed by atoms with E-state index in [1.54, 1.807) is 0 Å². The summed E-state index contributed by atoms with van der Waals surface area (Å²) >= 11 is 0. The van der Waals surface area contributed by atoms with E-state index in [2.05, 4.69) is 18.7 Å². The van der Waals surface area contributed by atoms with E-state index in [0.717, 1.165) is 18.5 Å². The first-order valence-corrected chi connectivity index (χ1v) is 7.50. The predicted octanol–water partition coefficient (Wildman–Crippen LogP) is 3.05. The van der Waals surface area contributed by atoms with Gasteiger partial charge in [-0.3, -0.25) is 0 Å². The van der Waals surface area contributed by atoms with Gasteiger partial charge in [-0.2, -0.15) is 0 Å². The lowest BCUT2D eigenvalue weighted by atomic mass is 9.70. The number of hydrogen-bond acceptors (Lipinski definition) is 2. The maximum absolute atomic E-state index is 9.85. The van der Waals surface area contributed by atoms with E-state index in [0.29, 0.717) is 6.61 Å². The molecule has 0 bridgehead atoms. The first-order valence-electron chi connectivity index (χ1n) is 7.50. The Morgan fingerprint density at radius 2 is 2.00 bits per heavy atom. The van der Waals surface area contributed by atoms with E-state index in [4.69, 9.17) is 0 Å². The topological polar surface area (TPSA) is 23.5 Å². The minimum absolute atomic E-state index is 0.212. The molecule has 1 aliphatic carbocycles. The van der Waals surface area contributed by atoms with Crippen LogP contribution in [0.5, 0.6) is 0 Å². The largest absolute Gasteiger partial charge is 0.396 e. The van der Waals surface area contributed by atoms with E-state index >= 15 is 0 Å². The van der Waals surface area contributed by atoms with E-state index in [-0.39, 0.29) is 5.41 Å². The van der Waals surface area contributed by atoms with Gasteiger partial charge in [0.25, 0.3) is 0 Å². The van der Waals surface area contributed by atoms with Crippen molar-refractivity contribution in [2.24, 2.45) is 11.3 Å². The molecule has 100 valence electrons. The summed E-state index contributed by atoms with van der Waals surface area (Å²) < 4.78 is 0. The normalized spacial score (nSPS) is 40.4. The van der Waals surface area contributed by atoms with Crippen LogP contribution in [0.4, 0.5) is 0 Å². The molecule has 1 aliphatic heterocycles. The van der Waals surface area contributed by atoms with Crippen LogP contribution in [0.2, 0.25) is 0 Å². The van der Waals surface area contributed by atoms with Crippen molar-refractivity contribution < 1.29 is 5.11 Å². The quantitative estimate of drug-likeness (QED) is 0.818. The van der Waals surface area contributed by atoms with Gasteiger partial charge in [0.15, 0.2) is 0 Å². The molecule has 2 heteroatoms. The van der Waals surface area contributed by atoms with Gasteiger partial charge < -0.3 is 10.0 Å². The smallest absolute Gasteiger partial charge is 0.0499 e. The number of rotatable bonds is 3. The van der Waals surface area contributed by atoms with Crippen molar-refractivity contribution in [3.8, 4) is 0 Å². The summed E-state index contributed by atoms with van der Waals surface area (Å²) in [6, 6.07) is 0.726. The fourth-order valence-corrected chi connectivity index (χ4v) is 3.93. The summed E-state index contributed by atoms with van der Waals surface area (Å²) in [7, 11) is 0. The number of piperidine rings is 1. The fourth-order valence-electron chi connectivity index (χ4n) is 3.93. The standard InChI is InChI=1S/C15H29NO/c1-13-6-5-8-15(10-13,12-17)11-16-9-4-3-7-14(16)2/h13-14,17H,3-12H2,1-2H3. The highest BCUT2D eigenvalue weighted by Gasteiger charge is 2.37. The molecule has 0 spiro atoms. The highest BCUT2D eigenvalue weighted by atomic mass is 16.3. The molecule has 0 aromatic carbocycles. The molecule has 0 aromatic rings. The zero-order chi connectivity index (χ0) is 12.3. The Bertz CT molecular complexity index is 243. The Morgan fingerprint density at radius 1 is 1.18 bits per heavy atom. The van der Waals surface area contributed by atoms with E-state index in [1.165, 1.54) is 51.5 Å². The van der Waals surface area contributed by atoms with Crippen LogP contribution in [0.3, 0.4) is 0 Å². The number of hydrogen-bond donors (Lipinski definition) is 1. The van der Waals surface area contributed by atoms with E-state index in [9.17, 15) is 5.11 Å². The minimum atomic E-state index is 0.212. The highest BCUT2D eigenvalue weighted by Crippen LogP contribution is 2.40. The molecular weight excluding hydrogens is 210 g/mol. The summed E-state index contributed by atoms with van der Waals surface area (Å²) in [4.78, 5) is 2.64. The monoisotopic (exact) mass is 239 g/mol.